The molecule has 6 nitrogen and oxygen atoms in total. The molecule has 0 saturated heterocycles. The normalized spacial score (nSPS) is 13.1. The first kappa shape index (κ1) is 25.9. The highest BCUT2D eigenvalue weighted by Gasteiger charge is 2.26. The average molecular weight is 529 g/mol. The van der Waals surface area contributed by atoms with Gasteiger partial charge in [0, 0.05) is 30.7 Å². The van der Waals surface area contributed by atoms with Gasteiger partial charge in [-0.25, -0.2) is 8.42 Å². The number of halogens is 2. The summed E-state index contributed by atoms with van der Waals surface area (Å²) in [6.07, 6.45) is 0. The lowest BCUT2D eigenvalue weighted by Gasteiger charge is -2.25. The second-order valence-corrected chi connectivity index (χ2v) is 12.5. The van der Waals surface area contributed by atoms with Crippen LogP contribution in [0.5, 0.6) is 0 Å². The largest absolute Gasteiger partial charge is 0.318 e. The average Bonchev–Trinajstić information content (AvgIpc) is 3.02. The lowest BCUT2D eigenvalue weighted by atomic mass is 10.2. The molecule has 0 aliphatic carbocycles. The molecular formula is C23H27Cl2N3O3S2. The Labute approximate surface area is 208 Å². The molecule has 0 radical (unpaired) electrons. The zero-order chi connectivity index (χ0) is 24.5. The van der Waals surface area contributed by atoms with Crippen LogP contribution in [0.15, 0.2) is 46.3 Å². The number of thiazole rings is 1. The molecule has 10 heteroatoms. The molecular weight excluding hydrogens is 501 g/mol. The van der Waals surface area contributed by atoms with Crippen LogP contribution >= 0.6 is 34.5 Å². The minimum atomic E-state index is -3.66. The van der Waals surface area contributed by atoms with Crippen molar-refractivity contribution in [2.45, 2.75) is 32.6 Å². The minimum Gasteiger partial charge on any atom is -0.318 e. The lowest BCUT2D eigenvalue weighted by molar-refractivity contribution is 0.0998. The van der Waals surface area contributed by atoms with E-state index in [0.717, 1.165) is 10.2 Å². The quantitative estimate of drug-likeness (QED) is 0.401. The van der Waals surface area contributed by atoms with Gasteiger partial charge in [0.25, 0.3) is 5.91 Å². The maximum atomic E-state index is 13.2. The Morgan fingerprint density at radius 3 is 2.18 bits per heavy atom. The van der Waals surface area contributed by atoms with Crippen molar-refractivity contribution in [2.75, 3.05) is 13.1 Å². The molecule has 0 aliphatic heterocycles. The van der Waals surface area contributed by atoms with Crippen LogP contribution in [-0.4, -0.2) is 36.3 Å². The Morgan fingerprint density at radius 1 is 1.06 bits per heavy atom. The highest BCUT2D eigenvalue weighted by Crippen LogP contribution is 2.29. The van der Waals surface area contributed by atoms with Gasteiger partial charge in [-0.05, 0) is 48.2 Å². The smallest absolute Gasteiger partial charge is 0.279 e. The number of aromatic nitrogens is 1. The molecule has 0 atom stereocenters. The second-order valence-electron chi connectivity index (χ2n) is 8.73. The van der Waals surface area contributed by atoms with E-state index < -0.39 is 15.9 Å². The molecule has 0 fully saturated rings. The van der Waals surface area contributed by atoms with Crippen molar-refractivity contribution in [3.8, 4) is 0 Å². The number of benzene rings is 2. The molecule has 0 bridgehead atoms. The predicted octanol–water partition coefficient (Wildman–Crippen LogP) is 5.59. The van der Waals surface area contributed by atoms with Crippen LogP contribution in [0, 0.1) is 11.8 Å². The van der Waals surface area contributed by atoms with Crippen molar-refractivity contribution < 1.29 is 13.2 Å². The Hall–Kier alpha value is -1.71. The third-order valence-electron chi connectivity index (χ3n) is 4.89. The highest BCUT2D eigenvalue weighted by atomic mass is 35.5. The standard InChI is InChI=1S/C23H27Cl2N3O3S2/c1-14(2)12-28(13-15(3)4)33(30,31)18-8-6-16(7-9-18)22(29)26-23-27(5)21-19(25)10-17(24)11-20(21)32-23/h6-11,14-15H,12-13H2,1-5H3. The Bertz CT molecular complexity index is 1330. The first-order chi connectivity index (χ1) is 15.4. The number of amides is 1. The van der Waals surface area contributed by atoms with Crippen molar-refractivity contribution in [3.63, 3.8) is 0 Å². The summed E-state index contributed by atoms with van der Waals surface area (Å²) in [6, 6.07) is 9.35. The molecule has 0 aliphatic rings. The third-order valence-corrected chi connectivity index (χ3v) is 8.32. The number of nitrogens with zero attached hydrogens (tertiary/aromatic N) is 3. The van der Waals surface area contributed by atoms with E-state index in [4.69, 9.17) is 23.2 Å². The van der Waals surface area contributed by atoms with Crippen LogP contribution in [0.2, 0.25) is 10.0 Å². The first-order valence-corrected chi connectivity index (χ1v) is 13.5. The van der Waals surface area contributed by atoms with Crippen molar-refractivity contribution >= 4 is 60.7 Å². The summed E-state index contributed by atoms with van der Waals surface area (Å²) in [5, 5.41) is 0.986. The maximum Gasteiger partial charge on any atom is 0.279 e. The molecule has 1 aromatic heterocycles. The number of sulfonamides is 1. The van der Waals surface area contributed by atoms with Gasteiger partial charge < -0.3 is 4.57 Å². The van der Waals surface area contributed by atoms with Crippen LogP contribution in [0.3, 0.4) is 0 Å². The zero-order valence-corrected chi connectivity index (χ0v) is 22.3. The van der Waals surface area contributed by atoms with E-state index in [2.05, 4.69) is 4.99 Å². The van der Waals surface area contributed by atoms with Crippen molar-refractivity contribution in [1.82, 2.24) is 8.87 Å². The van der Waals surface area contributed by atoms with E-state index in [1.165, 1.54) is 39.9 Å². The summed E-state index contributed by atoms with van der Waals surface area (Å²) in [5.41, 5.74) is 1.05. The SMILES string of the molecule is CC(C)CN(CC(C)C)S(=O)(=O)c1ccc(C(=O)N=c2sc3cc(Cl)cc(Cl)c3n2C)cc1. The van der Waals surface area contributed by atoms with Crippen LogP contribution in [0.1, 0.15) is 38.1 Å². The number of carbonyl (C=O) groups excluding carboxylic acids is 1. The number of hydrogen-bond acceptors (Lipinski definition) is 4. The zero-order valence-electron chi connectivity index (χ0n) is 19.2. The summed E-state index contributed by atoms with van der Waals surface area (Å²) in [6.45, 7) is 8.82. The van der Waals surface area contributed by atoms with Crippen LogP contribution in [0.25, 0.3) is 10.2 Å². The molecule has 3 aromatic rings. The molecule has 3 rings (SSSR count). The lowest BCUT2D eigenvalue weighted by Crippen LogP contribution is -2.37. The van der Waals surface area contributed by atoms with Gasteiger partial charge in [-0.3, -0.25) is 4.79 Å². The Balaban J connectivity index is 1.92. The molecule has 0 spiro atoms. The van der Waals surface area contributed by atoms with E-state index in [1.54, 1.807) is 23.7 Å². The van der Waals surface area contributed by atoms with E-state index in [1.807, 2.05) is 27.7 Å². The summed E-state index contributed by atoms with van der Waals surface area (Å²) in [5.74, 6) is -0.0724. The Kier molecular flexibility index (Phi) is 8.07. The number of carbonyl (C=O) groups is 1. The maximum absolute atomic E-state index is 13.2. The molecule has 2 aromatic carbocycles. The highest BCUT2D eigenvalue weighted by molar-refractivity contribution is 7.89. The van der Waals surface area contributed by atoms with Crippen molar-refractivity contribution in [3.05, 3.63) is 56.8 Å². The Morgan fingerprint density at radius 2 is 1.64 bits per heavy atom. The molecule has 33 heavy (non-hydrogen) atoms. The van der Waals surface area contributed by atoms with Gasteiger partial charge in [0.2, 0.25) is 10.0 Å². The van der Waals surface area contributed by atoms with Crippen LogP contribution < -0.4 is 4.80 Å². The molecule has 0 unspecified atom stereocenters. The molecule has 0 saturated carbocycles. The van der Waals surface area contributed by atoms with E-state index in [0.29, 0.717) is 33.5 Å². The van der Waals surface area contributed by atoms with E-state index in [-0.39, 0.29) is 16.7 Å². The summed E-state index contributed by atoms with van der Waals surface area (Å²) in [4.78, 5) is 17.6. The summed E-state index contributed by atoms with van der Waals surface area (Å²) in [7, 11) is -1.89. The van der Waals surface area contributed by atoms with Crippen LogP contribution in [-0.2, 0) is 17.1 Å². The number of rotatable bonds is 7. The number of fused-ring (bicyclic) bond motifs is 1. The topological polar surface area (TPSA) is 71.7 Å². The van der Waals surface area contributed by atoms with Gasteiger partial charge in [0.1, 0.15) is 0 Å². The van der Waals surface area contributed by atoms with Gasteiger partial charge in [-0.2, -0.15) is 9.30 Å². The summed E-state index contributed by atoms with van der Waals surface area (Å²) < 4.78 is 30.4. The fourth-order valence-electron chi connectivity index (χ4n) is 3.46. The number of aryl methyl sites for hydroxylation is 1. The van der Waals surface area contributed by atoms with Gasteiger partial charge in [-0.15, -0.1) is 0 Å². The summed E-state index contributed by atoms with van der Waals surface area (Å²) >= 11 is 13.7. The first-order valence-electron chi connectivity index (χ1n) is 10.5. The monoisotopic (exact) mass is 527 g/mol. The van der Waals surface area contributed by atoms with Gasteiger partial charge in [0.05, 0.1) is 20.1 Å². The van der Waals surface area contributed by atoms with Gasteiger partial charge >= 0.3 is 0 Å². The minimum absolute atomic E-state index is 0.161. The second kappa shape index (κ2) is 10.3. The van der Waals surface area contributed by atoms with E-state index in [9.17, 15) is 13.2 Å². The predicted molar refractivity (Wildman–Crippen MR) is 136 cm³/mol. The van der Waals surface area contributed by atoms with Gasteiger partial charge in [-0.1, -0.05) is 62.2 Å². The van der Waals surface area contributed by atoms with Crippen LogP contribution in [0.4, 0.5) is 0 Å². The molecule has 0 N–H and O–H groups in total. The van der Waals surface area contributed by atoms with Gasteiger partial charge in [0.15, 0.2) is 4.80 Å². The molecule has 178 valence electrons. The van der Waals surface area contributed by atoms with Crippen molar-refractivity contribution in [2.24, 2.45) is 23.9 Å². The molecule has 1 amide bonds. The third kappa shape index (κ3) is 5.87. The fourth-order valence-corrected chi connectivity index (χ4v) is 7.05. The van der Waals surface area contributed by atoms with E-state index >= 15 is 0 Å². The molecule has 1 heterocycles. The van der Waals surface area contributed by atoms with Crippen molar-refractivity contribution in [1.29, 1.82) is 0 Å². The number of hydrogen-bond donors (Lipinski definition) is 0. The fraction of sp³-hybridized carbons (Fsp3) is 0.391.